The number of nitrogens with zero attached hydrogens (tertiary/aromatic N) is 2. The van der Waals surface area contributed by atoms with Gasteiger partial charge in [0.15, 0.2) is 0 Å². The Morgan fingerprint density at radius 3 is 2.16 bits per heavy atom. The first-order valence-corrected chi connectivity index (χ1v) is 7.78. The van der Waals surface area contributed by atoms with Crippen LogP contribution in [-0.2, 0) is 4.79 Å². The van der Waals surface area contributed by atoms with Gasteiger partial charge in [-0.1, -0.05) is 34.6 Å². The Bertz CT molecular complexity index is 273. The van der Waals surface area contributed by atoms with Crippen molar-refractivity contribution in [2.45, 2.75) is 53.9 Å². The summed E-state index contributed by atoms with van der Waals surface area (Å²) in [5, 5.41) is 0. The second kappa shape index (κ2) is 7.28. The second-order valence-corrected chi connectivity index (χ2v) is 7.49. The molecule has 3 heteroatoms. The Labute approximate surface area is 119 Å². The van der Waals surface area contributed by atoms with E-state index < -0.39 is 0 Å². The molecule has 0 atom stereocenters. The van der Waals surface area contributed by atoms with E-state index in [0.717, 1.165) is 52.0 Å². The molecule has 0 aromatic carbocycles. The van der Waals surface area contributed by atoms with E-state index in [1.54, 1.807) is 0 Å². The molecule has 1 rings (SSSR count). The van der Waals surface area contributed by atoms with Crippen LogP contribution >= 0.6 is 0 Å². The van der Waals surface area contributed by atoms with Gasteiger partial charge in [-0.15, -0.1) is 0 Å². The Hall–Kier alpha value is -0.570. The van der Waals surface area contributed by atoms with Gasteiger partial charge in [0.05, 0.1) is 0 Å². The van der Waals surface area contributed by atoms with Crippen LogP contribution in [0, 0.1) is 11.3 Å². The van der Waals surface area contributed by atoms with Gasteiger partial charge in [-0.3, -0.25) is 9.69 Å². The molecule has 1 aliphatic heterocycles. The zero-order chi connectivity index (χ0) is 14.5. The molecule has 0 bridgehead atoms. The lowest BCUT2D eigenvalue weighted by Crippen LogP contribution is -2.49. The van der Waals surface area contributed by atoms with Crippen molar-refractivity contribution in [1.82, 2.24) is 9.80 Å². The summed E-state index contributed by atoms with van der Waals surface area (Å²) in [6, 6.07) is 0. The molecule has 1 fully saturated rings. The standard InChI is InChI=1S/C16H32N2O/c1-14(2)13-17-9-11-18(12-10-17)15(19)7-6-8-16(3,4)5/h14H,6-13H2,1-5H3. The summed E-state index contributed by atoms with van der Waals surface area (Å²) in [5.74, 6) is 1.07. The lowest BCUT2D eigenvalue weighted by atomic mass is 9.90. The van der Waals surface area contributed by atoms with Gasteiger partial charge in [-0.05, 0) is 24.2 Å². The highest BCUT2D eigenvalue weighted by atomic mass is 16.2. The lowest BCUT2D eigenvalue weighted by molar-refractivity contribution is -0.133. The van der Waals surface area contributed by atoms with Crippen LogP contribution in [0.2, 0.25) is 0 Å². The third kappa shape index (κ3) is 6.95. The van der Waals surface area contributed by atoms with Gasteiger partial charge in [0.1, 0.15) is 0 Å². The smallest absolute Gasteiger partial charge is 0.222 e. The molecule has 0 spiro atoms. The number of amides is 1. The molecule has 0 aliphatic carbocycles. The molecular weight excluding hydrogens is 236 g/mol. The average molecular weight is 268 g/mol. The number of carbonyl (C=O) groups is 1. The number of piperazine rings is 1. The number of rotatable bonds is 5. The van der Waals surface area contributed by atoms with Crippen LogP contribution in [0.4, 0.5) is 0 Å². The molecule has 0 aromatic heterocycles. The maximum absolute atomic E-state index is 12.1. The first-order chi connectivity index (χ1) is 8.78. The summed E-state index contributed by atoms with van der Waals surface area (Å²) < 4.78 is 0. The SMILES string of the molecule is CC(C)CN1CCN(C(=O)CCCC(C)(C)C)CC1. The molecule has 0 saturated carbocycles. The minimum atomic E-state index is 0.343. The molecule has 1 amide bonds. The van der Waals surface area contributed by atoms with Gasteiger partial charge in [-0.25, -0.2) is 0 Å². The normalized spacial score (nSPS) is 18.1. The fourth-order valence-corrected chi connectivity index (χ4v) is 2.62. The molecule has 112 valence electrons. The summed E-state index contributed by atoms with van der Waals surface area (Å²) in [6.07, 6.45) is 2.88. The van der Waals surface area contributed by atoms with Gasteiger partial charge in [0, 0.05) is 39.1 Å². The van der Waals surface area contributed by atoms with Crippen molar-refractivity contribution < 1.29 is 4.79 Å². The van der Waals surface area contributed by atoms with E-state index in [1.165, 1.54) is 0 Å². The Kier molecular flexibility index (Phi) is 6.31. The van der Waals surface area contributed by atoms with E-state index in [0.29, 0.717) is 17.2 Å². The molecule has 0 aromatic rings. The topological polar surface area (TPSA) is 23.6 Å². The first kappa shape index (κ1) is 16.5. The van der Waals surface area contributed by atoms with Crippen LogP contribution in [0.25, 0.3) is 0 Å². The lowest BCUT2D eigenvalue weighted by Gasteiger charge is -2.35. The highest BCUT2D eigenvalue weighted by molar-refractivity contribution is 5.76. The van der Waals surface area contributed by atoms with Crippen LogP contribution in [0.3, 0.4) is 0 Å². The van der Waals surface area contributed by atoms with E-state index in [1.807, 2.05) is 0 Å². The van der Waals surface area contributed by atoms with Gasteiger partial charge in [0.25, 0.3) is 0 Å². The van der Waals surface area contributed by atoms with Crippen molar-refractivity contribution in [1.29, 1.82) is 0 Å². The summed E-state index contributed by atoms with van der Waals surface area (Å²) >= 11 is 0. The minimum Gasteiger partial charge on any atom is -0.340 e. The van der Waals surface area contributed by atoms with E-state index in [-0.39, 0.29) is 0 Å². The average Bonchev–Trinajstić information content (AvgIpc) is 2.27. The molecule has 1 saturated heterocycles. The van der Waals surface area contributed by atoms with E-state index in [2.05, 4.69) is 44.4 Å². The second-order valence-electron chi connectivity index (χ2n) is 7.49. The largest absolute Gasteiger partial charge is 0.340 e. The molecule has 19 heavy (non-hydrogen) atoms. The minimum absolute atomic E-state index is 0.343. The molecule has 3 nitrogen and oxygen atoms in total. The monoisotopic (exact) mass is 268 g/mol. The van der Waals surface area contributed by atoms with E-state index >= 15 is 0 Å². The Morgan fingerprint density at radius 2 is 1.68 bits per heavy atom. The van der Waals surface area contributed by atoms with Crippen LogP contribution in [0.1, 0.15) is 53.9 Å². The molecular formula is C16H32N2O. The Balaban J connectivity index is 2.22. The van der Waals surface area contributed by atoms with Crippen LogP contribution in [0.15, 0.2) is 0 Å². The first-order valence-electron chi connectivity index (χ1n) is 7.78. The van der Waals surface area contributed by atoms with Gasteiger partial charge in [0.2, 0.25) is 5.91 Å². The van der Waals surface area contributed by atoms with Crippen LogP contribution in [0.5, 0.6) is 0 Å². The fourth-order valence-electron chi connectivity index (χ4n) is 2.62. The number of hydrogen-bond acceptors (Lipinski definition) is 2. The third-order valence-electron chi connectivity index (χ3n) is 3.67. The Morgan fingerprint density at radius 1 is 1.11 bits per heavy atom. The van der Waals surface area contributed by atoms with Gasteiger partial charge in [-0.2, -0.15) is 0 Å². The number of hydrogen-bond donors (Lipinski definition) is 0. The van der Waals surface area contributed by atoms with Crippen molar-refractivity contribution in [2.24, 2.45) is 11.3 Å². The number of carbonyl (C=O) groups excluding carboxylic acids is 1. The molecule has 1 aliphatic rings. The fraction of sp³-hybridized carbons (Fsp3) is 0.938. The molecule has 0 unspecified atom stereocenters. The van der Waals surface area contributed by atoms with Crippen molar-refractivity contribution in [3.8, 4) is 0 Å². The van der Waals surface area contributed by atoms with Crippen LogP contribution < -0.4 is 0 Å². The van der Waals surface area contributed by atoms with Gasteiger partial charge >= 0.3 is 0 Å². The van der Waals surface area contributed by atoms with E-state index in [4.69, 9.17) is 0 Å². The highest BCUT2D eigenvalue weighted by Crippen LogP contribution is 2.22. The predicted molar refractivity (Wildman–Crippen MR) is 81.2 cm³/mol. The summed E-state index contributed by atoms with van der Waals surface area (Å²) in [4.78, 5) is 16.7. The van der Waals surface area contributed by atoms with Gasteiger partial charge < -0.3 is 4.90 Å². The quantitative estimate of drug-likeness (QED) is 0.765. The summed E-state index contributed by atoms with van der Waals surface area (Å²) in [6.45, 7) is 16.3. The van der Waals surface area contributed by atoms with Crippen molar-refractivity contribution in [2.75, 3.05) is 32.7 Å². The maximum Gasteiger partial charge on any atom is 0.222 e. The third-order valence-corrected chi connectivity index (χ3v) is 3.67. The van der Waals surface area contributed by atoms with Crippen molar-refractivity contribution in [3.63, 3.8) is 0 Å². The summed E-state index contributed by atoms with van der Waals surface area (Å²) in [5.41, 5.74) is 0.343. The highest BCUT2D eigenvalue weighted by Gasteiger charge is 2.21. The van der Waals surface area contributed by atoms with Crippen LogP contribution in [-0.4, -0.2) is 48.4 Å². The molecule has 0 N–H and O–H groups in total. The molecule has 0 radical (unpaired) electrons. The zero-order valence-corrected chi connectivity index (χ0v) is 13.5. The van der Waals surface area contributed by atoms with Crippen molar-refractivity contribution >= 4 is 5.91 Å². The zero-order valence-electron chi connectivity index (χ0n) is 13.5. The molecule has 1 heterocycles. The van der Waals surface area contributed by atoms with E-state index in [9.17, 15) is 4.79 Å². The van der Waals surface area contributed by atoms with Crippen molar-refractivity contribution in [3.05, 3.63) is 0 Å². The maximum atomic E-state index is 12.1. The summed E-state index contributed by atoms with van der Waals surface area (Å²) in [7, 11) is 0. The predicted octanol–water partition coefficient (Wildman–Crippen LogP) is 3.00.